The summed E-state index contributed by atoms with van der Waals surface area (Å²) in [5, 5.41) is 1.17. The minimum atomic E-state index is 0.362. The molecule has 8 atom stereocenters. The highest BCUT2D eigenvalue weighted by Gasteiger charge is 2.59. The lowest BCUT2D eigenvalue weighted by Gasteiger charge is -2.61. The summed E-state index contributed by atoms with van der Waals surface area (Å²) in [6.45, 7) is 10.6. The van der Waals surface area contributed by atoms with Crippen molar-refractivity contribution in [1.82, 2.24) is 10.7 Å². The summed E-state index contributed by atoms with van der Waals surface area (Å²) >= 11 is 0. The highest BCUT2D eigenvalue weighted by Crippen LogP contribution is 2.67. The van der Waals surface area contributed by atoms with Crippen LogP contribution < -0.4 is 17.1 Å². The van der Waals surface area contributed by atoms with Crippen molar-refractivity contribution < 1.29 is 4.74 Å². The fourth-order valence-electron chi connectivity index (χ4n) is 8.62. The van der Waals surface area contributed by atoms with Crippen molar-refractivity contribution in [2.45, 2.75) is 104 Å². The molecule has 4 saturated carbocycles. The lowest BCUT2D eigenvalue weighted by atomic mass is 9.44. The van der Waals surface area contributed by atoms with Crippen LogP contribution in [0.2, 0.25) is 0 Å². The van der Waals surface area contributed by atoms with Gasteiger partial charge in [0.1, 0.15) is 0 Å². The van der Waals surface area contributed by atoms with E-state index in [2.05, 4.69) is 33.1 Å². The number of nitrogens with zero attached hydrogens (tertiary/aromatic N) is 1. The molecule has 0 aromatic heterocycles. The van der Waals surface area contributed by atoms with Crippen LogP contribution in [0, 0.1) is 40.4 Å². The van der Waals surface area contributed by atoms with E-state index in [-0.39, 0.29) is 0 Å². The van der Waals surface area contributed by atoms with E-state index in [0.717, 1.165) is 36.2 Å². The van der Waals surface area contributed by atoms with E-state index in [9.17, 15) is 0 Å². The SMILES string of the molecule is CC(C)OCCC1CCC2C3CCC4CC(NN(N)N)CCC4(C)C3CCC12C. The number of nitrogens with two attached hydrogens (primary N) is 2. The van der Waals surface area contributed by atoms with E-state index in [1.165, 1.54) is 69.4 Å². The third-order valence-corrected chi connectivity index (χ3v) is 10.1. The molecule has 4 fully saturated rings. The average molecular weight is 407 g/mol. The second-order valence-corrected chi connectivity index (χ2v) is 11.7. The molecule has 4 rings (SSSR count). The first-order valence-electron chi connectivity index (χ1n) is 12.4. The molecule has 0 spiro atoms. The van der Waals surface area contributed by atoms with Crippen molar-refractivity contribution in [3.05, 3.63) is 0 Å². The van der Waals surface area contributed by atoms with Crippen LogP contribution >= 0.6 is 0 Å². The molecule has 0 aliphatic heterocycles. The van der Waals surface area contributed by atoms with Gasteiger partial charge in [-0.2, -0.15) is 0 Å². The molecule has 0 bridgehead atoms. The molecule has 0 aromatic rings. The van der Waals surface area contributed by atoms with Crippen molar-refractivity contribution >= 4 is 0 Å². The number of rotatable bonds is 6. The minimum absolute atomic E-state index is 0.362. The van der Waals surface area contributed by atoms with Gasteiger partial charge in [0, 0.05) is 12.6 Å². The molecule has 5 heteroatoms. The van der Waals surface area contributed by atoms with Gasteiger partial charge in [-0.05, 0) is 118 Å². The molecule has 0 heterocycles. The highest BCUT2D eigenvalue weighted by molar-refractivity contribution is 5.09. The topological polar surface area (TPSA) is 76.5 Å². The summed E-state index contributed by atoms with van der Waals surface area (Å²) in [6.07, 6.45) is 14.0. The lowest BCUT2D eigenvalue weighted by molar-refractivity contribution is -0.119. The van der Waals surface area contributed by atoms with Crippen molar-refractivity contribution in [1.29, 1.82) is 0 Å². The van der Waals surface area contributed by atoms with Crippen LogP contribution in [0.25, 0.3) is 0 Å². The Morgan fingerprint density at radius 2 is 1.69 bits per heavy atom. The lowest BCUT2D eigenvalue weighted by Crippen LogP contribution is -2.59. The maximum atomic E-state index is 5.93. The zero-order chi connectivity index (χ0) is 20.8. The summed E-state index contributed by atoms with van der Waals surface area (Å²) in [4.78, 5) is 0. The van der Waals surface area contributed by atoms with Gasteiger partial charge in [0.2, 0.25) is 0 Å². The van der Waals surface area contributed by atoms with Crippen molar-refractivity contribution in [3.63, 3.8) is 0 Å². The Balaban J connectivity index is 1.43. The second kappa shape index (κ2) is 8.38. The summed E-state index contributed by atoms with van der Waals surface area (Å²) < 4.78 is 5.93. The molecule has 168 valence electrons. The van der Waals surface area contributed by atoms with Gasteiger partial charge < -0.3 is 4.74 Å². The van der Waals surface area contributed by atoms with Gasteiger partial charge in [0.25, 0.3) is 0 Å². The van der Waals surface area contributed by atoms with Gasteiger partial charge in [0.05, 0.1) is 6.10 Å². The van der Waals surface area contributed by atoms with E-state index in [0.29, 0.717) is 23.0 Å². The van der Waals surface area contributed by atoms with Crippen LogP contribution in [-0.2, 0) is 4.74 Å². The number of hydrogen-bond acceptors (Lipinski definition) is 5. The molecule has 8 unspecified atom stereocenters. The Morgan fingerprint density at radius 3 is 2.41 bits per heavy atom. The maximum Gasteiger partial charge on any atom is 0.0518 e. The van der Waals surface area contributed by atoms with Gasteiger partial charge in [-0.15, -0.1) is 5.23 Å². The fraction of sp³-hybridized carbons (Fsp3) is 1.00. The Morgan fingerprint density at radius 1 is 0.966 bits per heavy atom. The molecular weight excluding hydrogens is 360 g/mol. The number of hydrazine groups is 3. The molecule has 0 amide bonds. The number of nitrogens with one attached hydrogen (secondary N) is 1. The fourth-order valence-corrected chi connectivity index (χ4v) is 8.62. The van der Waals surface area contributed by atoms with E-state index in [1.807, 2.05) is 0 Å². The van der Waals surface area contributed by atoms with Crippen LogP contribution in [0.4, 0.5) is 0 Å². The third-order valence-electron chi connectivity index (χ3n) is 10.1. The largest absolute Gasteiger partial charge is 0.379 e. The highest BCUT2D eigenvalue weighted by atomic mass is 16.5. The summed E-state index contributed by atoms with van der Waals surface area (Å²) in [5.41, 5.74) is 4.34. The quantitative estimate of drug-likeness (QED) is 0.451. The molecular formula is C24H46N4O. The molecule has 4 aliphatic carbocycles. The minimum Gasteiger partial charge on any atom is -0.379 e. The zero-order valence-electron chi connectivity index (χ0n) is 19.3. The average Bonchev–Trinajstić information content (AvgIpc) is 2.98. The first-order chi connectivity index (χ1) is 13.7. The van der Waals surface area contributed by atoms with Crippen LogP contribution in [0.5, 0.6) is 0 Å². The molecule has 5 N–H and O–H groups in total. The number of hydrogen-bond donors (Lipinski definition) is 3. The van der Waals surface area contributed by atoms with Gasteiger partial charge in [-0.25, -0.2) is 17.1 Å². The van der Waals surface area contributed by atoms with Crippen LogP contribution in [-0.4, -0.2) is 24.0 Å². The van der Waals surface area contributed by atoms with E-state index in [1.54, 1.807) is 0 Å². The van der Waals surface area contributed by atoms with E-state index >= 15 is 0 Å². The van der Waals surface area contributed by atoms with Crippen molar-refractivity contribution in [2.75, 3.05) is 6.61 Å². The smallest absolute Gasteiger partial charge is 0.0518 e. The molecule has 5 nitrogen and oxygen atoms in total. The van der Waals surface area contributed by atoms with Gasteiger partial charge in [0.15, 0.2) is 0 Å². The summed E-state index contributed by atoms with van der Waals surface area (Å²) in [7, 11) is 0. The van der Waals surface area contributed by atoms with Crippen LogP contribution in [0.15, 0.2) is 0 Å². The third kappa shape index (κ3) is 4.03. The van der Waals surface area contributed by atoms with Gasteiger partial charge in [-0.1, -0.05) is 13.8 Å². The first-order valence-corrected chi connectivity index (χ1v) is 12.4. The molecule has 0 radical (unpaired) electrons. The normalized spacial score (nSPS) is 47.2. The molecule has 0 saturated heterocycles. The van der Waals surface area contributed by atoms with E-state index in [4.69, 9.17) is 16.4 Å². The molecule has 29 heavy (non-hydrogen) atoms. The second-order valence-electron chi connectivity index (χ2n) is 11.7. The standard InChI is InChI=1S/C24H46N4O/c1-16(2)29-14-11-17-6-8-21-20-7-5-18-15-19(27-28(25)26)9-12-24(18,4)22(20)10-13-23(17,21)3/h16-22,27H,5-15,25-26H2,1-4H3. The predicted octanol–water partition coefficient (Wildman–Crippen LogP) is 4.38. The van der Waals surface area contributed by atoms with Crippen LogP contribution in [0.1, 0.15) is 91.9 Å². The Hall–Kier alpha value is -0.200. The zero-order valence-corrected chi connectivity index (χ0v) is 19.3. The molecule has 0 aromatic carbocycles. The Kier molecular flexibility index (Phi) is 6.36. The molecule has 4 aliphatic rings. The van der Waals surface area contributed by atoms with Gasteiger partial charge >= 0.3 is 0 Å². The number of fused-ring (bicyclic) bond motifs is 5. The maximum absolute atomic E-state index is 5.93. The monoisotopic (exact) mass is 406 g/mol. The summed E-state index contributed by atoms with van der Waals surface area (Å²) in [6, 6.07) is 0.449. The van der Waals surface area contributed by atoms with E-state index < -0.39 is 0 Å². The summed E-state index contributed by atoms with van der Waals surface area (Å²) in [5.74, 6) is 15.8. The Labute approximate surface area is 178 Å². The number of ether oxygens (including phenoxy) is 1. The van der Waals surface area contributed by atoms with Gasteiger partial charge in [-0.3, -0.25) is 0 Å². The van der Waals surface area contributed by atoms with Crippen LogP contribution in [0.3, 0.4) is 0 Å². The Bertz CT molecular complexity index is 569. The van der Waals surface area contributed by atoms with Crippen molar-refractivity contribution in [3.8, 4) is 0 Å². The first kappa shape index (κ1) is 22.0. The van der Waals surface area contributed by atoms with Crippen molar-refractivity contribution in [2.24, 2.45) is 52.1 Å². The predicted molar refractivity (Wildman–Crippen MR) is 118 cm³/mol.